The van der Waals surface area contributed by atoms with Crippen molar-refractivity contribution in [1.29, 1.82) is 0 Å². The molecule has 0 atom stereocenters. The summed E-state index contributed by atoms with van der Waals surface area (Å²) in [6, 6.07) is 10.6. The maximum Gasteiger partial charge on any atom is 0.146 e. The Hall–Kier alpha value is -0.410. The van der Waals surface area contributed by atoms with Gasteiger partial charge in [0.25, 0.3) is 0 Å². The van der Waals surface area contributed by atoms with Crippen LogP contribution in [0.15, 0.2) is 36.4 Å². The van der Waals surface area contributed by atoms with Gasteiger partial charge in [0.05, 0.1) is 5.02 Å². The Bertz CT molecular complexity index is 572. The molecule has 5 heteroatoms. The van der Waals surface area contributed by atoms with Crippen molar-refractivity contribution in [1.82, 2.24) is 0 Å². The molecule has 0 N–H and O–H groups in total. The quantitative estimate of drug-likeness (QED) is 0.576. The smallest absolute Gasteiger partial charge is 0.146 e. The fraction of sp³-hybridized carbons (Fsp3) is 0.0769. The topological polar surface area (TPSA) is 9.23 Å². The van der Waals surface area contributed by atoms with Gasteiger partial charge in [-0.1, -0.05) is 56.8 Å². The summed E-state index contributed by atoms with van der Waals surface area (Å²) in [4.78, 5) is 0. The first-order valence-corrected chi connectivity index (χ1v) is 7.33. The summed E-state index contributed by atoms with van der Waals surface area (Å²) in [5, 5.41) is 2.38. The number of benzene rings is 2. The summed E-state index contributed by atoms with van der Waals surface area (Å²) in [5.41, 5.74) is 1.01. The van der Waals surface area contributed by atoms with Gasteiger partial charge in [-0.05, 0) is 35.9 Å². The van der Waals surface area contributed by atoms with Gasteiger partial charge >= 0.3 is 0 Å². The molecule has 0 aliphatic heterocycles. The Labute approximate surface area is 129 Å². The number of hydrogen-bond donors (Lipinski definition) is 0. The second kappa shape index (κ2) is 6.16. The Morgan fingerprint density at radius 1 is 0.944 bits per heavy atom. The molecule has 0 aliphatic carbocycles. The lowest BCUT2D eigenvalue weighted by Crippen LogP contribution is -1.87. The van der Waals surface area contributed by atoms with Crippen LogP contribution in [0.4, 0.5) is 0 Å². The molecule has 0 unspecified atom stereocenters. The summed E-state index contributed by atoms with van der Waals surface area (Å²) in [6.45, 7) is 0. The van der Waals surface area contributed by atoms with Gasteiger partial charge in [0.2, 0.25) is 0 Å². The lowest BCUT2D eigenvalue weighted by atomic mass is 10.2. The highest BCUT2D eigenvalue weighted by Gasteiger charge is 2.06. The molecule has 0 spiro atoms. The molecule has 0 amide bonds. The van der Waals surface area contributed by atoms with E-state index in [2.05, 4.69) is 15.9 Å². The molecule has 1 nitrogen and oxygen atoms in total. The summed E-state index contributed by atoms with van der Waals surface area (Å²) >= 11 is 21.3. The molecule has 0 bridgehead atoms. The van der Waals surface area contributed by atoms with Crippen LogP contribution in [-0.4, -0.2) is 0 Å². The third kappa shape index (κ3) is 3.33. The molecule has 0 fully saturated rings. The first-order valence-electron chi connectivity index (χ1n) is 5.07. The molecule has 0 saturated heterocycles. The summed E-state index contributed by atoms with van der Waals surface area (Å²) in [6.07, 6.45) is 0. The van der Waals surface area contributed by atoms with E-state index in [1.807, 2.05) is 12.1 Å². The summed E-state index contributed by atoms with van der Waals surface area (Å²) < 4.78 is 5.65. The van der Waals surface area contributed by atoms with E-state index in [4.69, 9.17) is 39.5 Å². The highest BCUT2D eigenvalue weighted by molar-refractivity contribution is 9.08. The van der Waals surface area contributed by atoms with E-state index in [1.54, 1.807) is 24.3 Å². The van der Waals surface area contributed by atoms with Crippen LogP contribution < -0.4 is 4.74 Å². The number of halogens is 4. The summed E-state index contributed by atoms with van der Waals surface area (Å²) in [5.74, 6) is 1.18. The molecule has 0 saturated carbocycles. The number of alkyl halides is 1. The molecule has 2 aromatic rings. The third-order valence-electron chi connectivity index (χ3n) is 2.29. The Morgan fingerprint density at radius 2 is 1.72 bits per heavy atom. The second-order valence-corrected chi connectivity index (χ2v) is 5.38. The van der Waals surface area contributed by atoms with Gasteiger partial charge in [-0.2, -0.15) is 0 Å². The van der Waals surface area contributed by atoms with Crippen molar-refractivity contribution in [2.75, 3.05) is 0 Å². The fourth-order valence-corrected chi connectivity index (χ4v) is 2.72. The molecule has 94 valence electrons. The molecule has 0 aromatic heterocycles. The first kappa shape index (κ1) is 14.0. The van der Waals surface area contributed by atoms with Crippen molar-refractivity contribution >= 4 is 50.7 Å². The van der Waals surface area contributed by atoms with Crippen LogP contribution in [0.1, 0.15) is 5.56 Å². The van der Waals surface area contributed by atoms with E-state index >= 15 is 0 Å². The van der Waals surface area contributed by atoms with E-state index < -0.39 is 0 Å². The monoisotopic (exact) mass is 364 g/mol. The molecule has 0 aliphatic rings. The van der Waals surface area contributed by atoms with E-state index in [0.717, 1.165) is 5.56 Å². The zero-order valence-electron chi connectivity index (χ0n) is 9.09. The largest absolute Gasteiger partial charge is 0.456 e. The lowest BCUT2D eigenvalue weighted by molar-refractivity contribution is 0.483. The maximum atomic E-state index is 6.10. The molecule has 18 heavy (non-hydrogen) atoms. The van der Waals surface area contributed by atoms with Gasteiger partial charge < -0.3 is 4.74 Å². The second-order valence-electron chi connectivity index (χ2n) is 3.56. The minimum atomic E-state index is 0.461. The van der Waals surface area contributed by atoms with Crippen LogP contribution in [0, 0.1) is 0 Å². The molecule has 2 rings (SSSR count). The van der Waals surface area contributed by atoms with Crippen LogP contribution in [0.5, 0.6) is 11.5 Å². The average Bonchev–Trinajstić information content (AvgIpc) is 2.33. The standard InChI is InChI=1S/C13H8BrCl3O/c14-7-8-1-3-10(6-11(8)16)18-13-4-2-9(15)5-12(13)17/h1-6H,7H2. The molecular formula is C13H8BrCl3O. The predicted molar refractivity (Wildman–Crippen MR) is 80.6 cm³/mol. The average molecular weight is 366 g/mol. The zero-order valence-corrected chi connectivity index (χ0v) is 12.9. The van der Waals surface area contributed by atoms with Crippen LogP contribution >= 0.6 is 50.7 Å². The van der Waals surface area contributed by atoms with Gasteiger partial charge in [-0.15, -0.1) is 0 Å². The number of hydrogen-bond acceptors (Lipinski definition) is 1. The molecule has 0 heterocycles. The fourth-order valence-electron chi connectivity index (χ4n) is 1.38. The van der Waals surface area contributed by atoms with Gasteiger partial charge in [0, 0.05) is 15.4 Å². The SMILES string of the molecule is Clc1ccc(Oc2ccc(CBr)c(Cl)c2)c(Cl)c1. The molecular weight excluding hydrogens is 358 g/mol. The van der Waals surface area contributed by atoms with Crippen LogP contribution in [0.25, 0.3) is 0 Å². The van der Waals surface area contributed by atoms with Crippen molar-refractivity contribution in [2.45, 2.75) is 5.33 Å². The van der Waals surface area contributed by atoms with E-state index in [-0.39, 0.29) is 0 Å². The molecule has 2 aromatic carbocycles. The van der Waals surface area contributed by atoms with Gasteiger partial charge in [-0.25, -0.2) is 0 Å². The minimum Gasteiger partial charge on any atom is -0.456 e. The predicted octanol–water partition coefficient (Wildman–Crippen LogP) is 6.33. The lowest BCUT2D eigenvalue weighted by Gasteiger charge is -2.09. The van der Waals surface area contributed by atoms with E-state index in [0.29, 0.717) is 31.9 Å². The Morgan fingerprint density at radius 3 is 2.33 bits per heavy atom. The van der Waals surface area contributed by atoms with Crippen molar-refractivity contribution in [2.24, 2.45) is 0 Å². The highest BCUT2D eigenvalue weighted by Crippen LogP contribution is 2.33. The van der Waals surface area contributed by atoms with Crippen molar-refractivity contribution in [3.8, 4) is 11.5 Å². The normalized spacial score (nSPS) is 10.4. The van der Waals surface area contributed by atoms with Gasteiger partial charge in [0.1, 0.15) is 11.5 Å². The Kier molecular flexibility index (Phi) is 4.79. The number of rotatable bonds is 3. The minimum absolute atomic E-state index is 0.461. The highest BCUT2D eigenvalue weighted by atomic mass is 79.9. The van der Waals surface area contributed by atoms with Gasteiger partial charge in [0.15, 0.2) is 0 Å². The zero-order chi connectivity index (χ0) is 13.1. The Balaban J connectivity index is 2.26. The molecule has 0 radical (unpaired) electrons. The van der Waals surface area contributed by atoms with Crippen LogP contribution in [0.2, 0.25) is 15.1 Å². The van der Waals surface area contributed by atoms with E-state index in [9.17, 15) is 0 Å². The van der Waals surface area contributed by atoms with Gasteiger partial charge in [-0.3, -0.25) is 0 Å². The third-order valence-corrected chi connectivity index (χ3v) is 3.78. The van der Waals surface area contributed by atoms with E-state index in [1.165, 1.54) is 0 Å². The summed E-state index contributed by atoms with van der Waals surface area (Å²) in [7, 11) is 0. The maximum absolute atomic E-state index is 6.10. The van der Waals surface area contributed by atoms with Crippen molar-refractivity contribution in [3.63, 3.8) is 0 Å². The first-order chi connectivity index (χ1) is 8.60. The van der Waals surface area contributed by atoms with Crippen molar-refractivity contribution < 1.29 is 4.74 Å². The number of ether oxygens (including phenoxy) is 1. The van der Waals surface area contributed by atoms with Crippen LogP contribution in [0.3, 0.4) is 0 Å². The van der Waals surface area contributed by atoms with Crippen molar-refractivity contribution in [3.05, 3.63) is 57.0 Å². The van der Waals surface area contributed by atoms with Crippen LogP contribution in [-0.2, 0) is 5.33 Å².